The molecule has 1 aliphatic rings. The molecular weight excluding hydrogens is 244 g/mol. The lowest BCUT2D eigenvalue weighted by Gasteiger charge is -2.32. The number of anilines is 1. The van der Waals surface area contributed by atoms with Crippen LogP contribution in [0.25, 0.3) is 0 Å². The monoisotopic (exact) mass is 274 g/mol. The van der Waals surface area contributed by atoms with Crippen molar-refractivity contribution in [2.24, 2.45) is 5.92 Å². The van der Waals surface area contributed by atoms with E-state index in [0.29, 0.717) is 6.04 Å². The fraction of sp³-hybridized carbons (Fsp3) is 0.667. The molecule has 0 aromatic heterocycles. The first-order valence-electron chi connectivity index (χ1n) is 8.23. The number of hydrogen-bond donors (Lipinski definition) is 1. The van der Waals surface area contributed by atoms with Crippen LogP contribution in [0.2, 0.25) is 0 Å². The molecule has 0 radical (unpaired) electrons. The molecule has 0 saturated heterocycles. The number of rotatable bonds is 7. The molecule has 2 rings (SSSR count). The summed E-state index contributed by atoms with van der Waals surface area (Å²) in [5, 5.41) is 3.44. The Bertz CT molecular complexity index is 421. The van der Waals surface area contributed by atoms with Gasteiger partial charge in [-0.25, -0.2) is 0 Å². The van der Waals surface area contributed by atoms with Crippen LogP contribution >= 0.6 is 0 Å². The first kappa shape index (κ1) is 15.4. The first-order chi connectivity index (χ1) is 9.63. The molecule has 112 valence electrons. The number of fused-ring (bicyclic) bond motifs is 1. The van der Waals surface area contributed by atoms with Crippen molar-refractivity contribution >= 4 is 5.69 Å². The molecule has 1 N–H and O–H groups in total. The zero-order valence-corrected chi connectivity index (χ0v) is 13.6. The van der Waals surface area contributed by atoms with E-state index < -0.39 is 0 Å². The van der Waals surface area contributed by atoms with Gasteiger partial charge in [-0.05, 0) is 42.4 Å². The molecule has 20 heavy (non-hydrogen) atoms. The van der Waals surface area contributed by atoms with Gasteiger partial charge in [0.25, 0.3) is 0 Å². The molecule has 1 heterocycles. The molecule has 0 aliphatic carbocycles. The fourth-order valence-corrected chi connectivity index (χ4v) is 3.31. The number of nitrogens with zero attached hydrogens (tertiary/aromatic N) is 1. The van der Waals surface area contributed by atoms with Crippen molar-refractivity contribution in [1.82, 2.24) is 4.90 Å². The minimum atomic E-state index is 0.712. The molecule has 0 atom stereocenters. The van der Waals surface area contributed by atoms with Crippen molar-refractivity contribution in [2.45, 2.75) is 59.5 Å². The van der Waals surface area contributed by atoms with Crippen molar-refractivity contribution in [2.75, 3.05) is 18.4 Å². The lowest BCUT2D eigenvalue weighted by Crippen LogP contribution is -2.36. The van der Waals surface area contributed by atoms with Gasteiger partial charge >= 0.3 is 0 Å². The third-order valence-electron chi connectivity index (χ3n) is 4.32. The van der Waals surface area contributed by atoms with Crippen LogP contribution in [-0.4, -0.2) is 24.0 Å². The second-order valence-electron chi connectivity index (χ2n) is 6.46. The Morgan fingerprint density at radius 3 is 2.60 bits per heavy atom. The van der Waals surface area contributed by atoms with Gasteiger partial charge in [0.2, 0.25) is 0 Å². The lowest BCUT2D eigenvalue weighted by atomic mass is 10.0. The van der Waals surface area contributed by atoms with E-state index in [1.54, 1.807) is 0 Å². The second kappa shape index (κ2) is 7.12. The zero-order chi connectivity index (χ0) is 14.5. The number of hydrogen-bond acceptors (Lipinski definition) is 2. The fourth-order valence-electron chi connectivity index (χ4n) is 3.31. The minimum absolute atomic E-state index is 0.712. The third kappa shape index (κ3) is 3.76. The molecule has 2 heteroatoms. The van der Waals surface area contributed by atoms with Gasteiger partial charge in [0.05, 0.1) is 0 Å². The normalized spacial score (nSPS) is 14.2. The van der Waals surface area contributed by atoms with Crippen molar-refractivity contribution in [3.63, 3.8) is 0 Å². The van der Waals surface area contributed by atoms with E-state index in [1.165, 1.54) is 42.6 Å². The summed E-state index contributed by atoms with van der Waals surface area (Å²) < 4.78 is 0. The second-order valence-corrected chi connectivity index (χ2v) is 6.46. The van der Waals surface area contributed by atoms with Crippen LogP contribution < -0.4 is 5.32 Å². The Morgan fingerprint density at radius 2 is 1.95 bits per heavy atom. The third-order valence-corrected chi connectivity index (χ3v) is 4.32. The molecule has 1 aliphatic heterocycles. The molecule has 0 amide bonds. The molecule has 0 bridgehead atoms. The van der Waals surface area contributed by atoms with Gasteiger partial charge < -0.3 is 5.32 Å². The summed E-state index contributed by atoms with van der Waals surface area (Å²) in [6, 6.07) is 7.68. The van der Waals surface area contributed by atoms with Gasteiger partial charge in [-0.15, -0.1) is 0 Å². The van der Waals surface area contributed by atoms with Crippen LogP contribution in [0.15, 0.2) is 18.2 Å². The summed E-state index contributed by atoms with van der Waals surface area (Å²) in [6.07, 6.45) is 3.67. The molecule has 0 fully saturated rings. The summed E-state index contributed by atoms with van der Waals surface area (Å²) >= 11 is 0. The van der Waals surface area contributed by atoms with E-state index in [0.717, 1.165) is 19.0 Å². The Labute approximate surface area is 124 Å². The molecular formula is C18H30N2. The first-order valence-corrected chi connectivity index (χ1v) is 8.23. The SMILES string of the molecule is CCC(CC)N(Cc1ccc2c(c1)CCN2)CC(C)C. The van der Waals surface area contributed by atoms with E-state index in [9.17, 15) is 0 Å². The molecule has 0 unspecified atom stereocenters. The lowest BCUT2D eigenvalue weighted by molar-refractivity contribution is 0.157. The van der Waals surface area contributed by atoms with Crippen LogP contribution in [0.3, 0.4) is 0 Å². The quantitative estimate of drug-likeness (QED) is 0.797. The summed E-state index contributed by atoms with van der Waals surface area (Å²) in [6.45, 7) is 12.7. The maximum absolute atomic E-state index is 3.44. The molecule has 1 aromatic carbocycles. The summed E-state index contributed by atoms with van der Waals surface area (Å²) in [5.41, 5.74) is 4.31. The predicted molar refractivity (Wildman–Crippen MR) is 88.3 cm³/mol. The van der Waals surface area contributed by atoms with E-state index in [2.05, 4.69) is 56.1 Å². The van der Waals surface area contributed by atoms with Crippen LogP contribution in [0.1, 0.15) is 51.7 Å². The van der Waals surface area contributed by atoms with Gasteiger partial charge in [0.15, 0.2) is 0 Å². The summed E-state index contributed by atoms with van der Waals surface area (Å²) in [7, 11) is 0. The highest BCUT2D eigenvalue weighted by Gasteiger charge is 2.18. The Hall–Kier alpha value is -1.02. The highest BCUT2D eigenvalue weighted by atomic mass is 15.2. The van der Waals surface area contributed by atoms with E-state index in [4.69, 9.17) is 0 Å². The number of nitrogens with one attached hydrogen (secondary N) is 1. The average molecular weight is 274 g/mol. The van der Waals surface area contributed by atoms with Crippen molar-refractivity contribution in [3.8, 4) is 0 Å². The highest BCUT2D eigenvalue weighted by Crippen LogP contribution is 2.24. The maximum atomic E-state index is 3.44. The minimum Gasteiger partial charge on any atom is -0.384 e. The molecule has 0 saturated carbocycles. The standard InChI is InChI=1S/C18H30N2/c1-5-17(6-2)20(12-14(3)4)13-15-7-8-18-16(11-15)9-10-19-18/h7-8,11,14,17,19H,5-6,9-10,12-13H2,1-4H3. The van der Waals surface area contributed by atoms with E-state index >= 15 is 0 Å². The Morgan fingerprint density at radius 1 is 1.20 bits per heavy atom. The van der Waals surface area contributed by atoms with Crippen LogP contribution in [0.5, 0.6) is 0 Å². The Kier molecular flexibility index (Phi) is 5.47. The summed E-state index contributed by atoms with van der Waals surface area (Å²) in [4.78, 5) is 2.68. The van der Waals surface area contributed by atoms with E-state index in [1.807, 2.05) is 0 Å². The molecule has 2 nitrogen and oxygen atoms in total. The summed E-state index contributed by atoms with van der Waals surface area (Å²) in [5.74, 6) is 0.728. The van der Waals surface area contributed by atoms with Crippen LogP contribution in [0.4, 0.5) is 5.69 Å². The smallest absolute Gasteiger partial charge is 0.0373 e. The zero-order valence-electron chi connectivity index (χ0n) is 13.6. The van der Waals surface area contributed by atoms with Gasteiger partial charge in [0.1, 0.15) is 0 Å². The van der Waals surface area contributed by atoms with E-state index in [-0.39, 0.29) is 0 Å². The topological polar surface area (TPSA) is 15.3 Å². The van der Waals surface area contributed by atoms with Crippen molar-refractivity contribution < 1.29 is 0 Å². The van der Waals surface area contributed by atoms with Crippen molar-refractivity contribution in [1.29, 1.82) is 0 Å². The van der Waals surface area contributed by atoms with Gasteiger partial charge in [-0.2, -0.15) is 0 Å². The van der Waals surface area contributed by atoms with Crippen LogP contribution in [-0.2, 0) is 13.0 Å². The molecule has 0 spiro atoms. The maximum Gasteiger partial charge on any atom is 0.0373 e. The van der Waals surface area contributed by atoms with Gasteiger partial charge in [-0.3, -0.25) is 4.90 Å². The highest BCUT2D eigenvalue weighted by molar-refractivity contribution is 5.56. The number of benzene rings is 1. The Balaban J connectivity index is 2.10. The van der Waals surface area contributed by atoms with Gasteiger partial charge in [0, 0.05) is 31.4 Å². The largest absolute Gasteiger partial charge is 0.384 e. The van der Waals surface area contributed by atoms with Crippen molar-refractivity contribution in [3.05, 3.63) is 29.3 Å². The van der Waals surface area contributed by atoms with Gasteiger partial charge in [-0.1, -0.05) is 39.8 Å². The predicted octanol–water partition coefficient (Wildman–Crippen LogP) is 4.30. The van der Waals surface area contributed by atoms with Crippen LogP contribution in [0, 0.1) is 5.92 Å². The molecule has 1 aromatic rings. The average Bonchev–Trinajstić information content (AvgIpc) is 2.86.